The van der Waals surface area contributed by atoms with Crippen molar-refractivity contribution in [3.8, 4) is 0 Å². The molecule has 1 rings (SSSR count). The van der Waals surface area contributed by atoms with E-state index >= 15 is 0 Å². The van der Waals surface area contributed by atoms with Crippen molar-refractivity contribution in [2.24, 2.45) is 5.92 Å². The van der Waals surface area contributed by atoms with E-state index in [-0.39, 0.29) is 11.4 Å². The third-order valence-corrected chi connectivity index (χ3v) is 4.37. The highest BCUT2D eigenvalue weighted by atomic mass is 32.2. The predicted octanol–water partition coefficient (Wildman–Crippen LogP) is 1.52. The second kappa shape index (κ2) is 6.12. The highest BCUT2D eigenvalue weighted by Crippen LogP contribution is 2.16. The zero-order valence-electron chi connectivity index (χ0n) is 10.7. The van der Waals surface area contributed by atoms with Crippen molar-refractivity contribution in [2.75, 3.05) is 6.54 Å². The van der Waals surface area contributed by atoms with Gasteiger partial charge in [-0.3, -0.25) is 4.79 Å². The summed E-state index contributed by atoms with van der Waals surface area (Å²) in [4.78, 5) is 10.6. The van der Waals surface area contributed by atoms with Gasteiger partial charge in [0.25, 0.3) is 0 Å². The molecule has 0 spiro atoms. The summed E-state index contributed by atoms with van der Waals surface area (Å²) in [6, 6.07) is 3.44. The van der Waals surface area contributed by atoms with Gasteiger partial charge in [0.1, 0.15) is 5.82 Å². The minimum Gasteiger partial charge on any atom is -0.481 e. The van der Waals surface area contributed by atoms with Crippen LogP contribution in [0.4, 0.5) is 4.39 Å². The minimum atomic E-state index is -3.91. The Hall–Kier alpha value is -1.47. The molecule has 5 nitrogen and oxygen atoms in total. The zero-order chi connectivity index (χ0) is 14.6. The van der Waals surface area contributed by atoms with Gasteiger partial charge in [0.05, 0.1) is 10.8 Å². The molecule has 2 N–H and O–H groups in total. The summed E-state index contributed by atoms with van der Waals surface area (Å²) in [6.07, 6.45) is 0.306. The quantitative estimate of drug-likeness (QED) is 0.831. The van der Waals surface area contributed by atoms with Gasteiger partial charge < -0.3 is 5.11 Å². The summed E-state index contributed by atoms with van der Waals surface area (Å²) in [5, 5.41) is 8.84. The van der Waals surface area contributed by atoms with Crippen molar-refractivity contribution in [3.05, 3.63) is 29.6 Å². The van der Waals surface area contributed by atoms with E-state index in [1.807, 2.05) is 0 Å². The Morgan fingerprint density at radius 3 is 2.63 bits per heavy atom. The Morgan fingerprint density at radius 1 is 1.47 bits per heavy atom. The number of sulfonamides is 1. The number of benzene rings is 1. The van der Waals surface area contributed by atoms with Crippen molar-refractivity contribution < 1.29 is 22.7 Å². The zero-order valence-corrected chi connectivity index (χ0v) is 11.5. The Balaban J connectivity index is 2.93. The minimum absolute atomic E-state index is 0.173. The van der Waals surface area contributed by atoms with E-state index < -0.39 is 27.7 Å². The first-order valence-electron chi connectivity index (χ1n) is 5.76. The van der Waals surface area contributed by atoms with Gasteiger partial charge in [0, 0.05) is 6.54 Å². The Kier molecular flexibility index (Phi) is 5.02. The highest BCUT2D eigenvalue weighted by Gasteiger charge is 2.21. The van der Waals surface area contributed by atoms with Crippen molar-refractivity contribution in [1.29, 1.82) is 0 Å². The maximum atomic E-state index is 13.1. The van der Waals surface area contributed by atoms with E-state index in [1.54, 1.807) is 13.8 Å². The Morgan fingerprint density at radius 2 is 2.11 bits per heavy atom. The van der Waals surface area contributed by atoms with Crippen molar-refractivity contribution in [3.63, 3.8) is 0 Å². The molecule has 0 radical (unpaired) electrons. The molecular weight excluding hydrogens is 273 g/mol. The summed E-state index contributed by atoms with van der Waals surface area (Å²) in [7, 11) is -3.91. The van der Waals surface area contributed by atoms with E-state index in [1.165, 1.54) is 12.1 Å². The van der Waals surface area contributed by atoms with E-state index in [0.717, 1.165) is 6.07 Å². The predicted molar refractivity (Wildman–Crippen MR) is 67.7 cm³/mol. The molecule has 7 heteroatoms. The van der Waals surface area contributed by atoms with Crippen molar-refractivity contribution in [2.45, 2.75) is 25.2 Å². The van der Waals surface area contributed by atoms with Crippen LogP contribution in [0.3, 0.4) is 0 Å². The standard InChI is InChI=1S/C12H16FNO4S/c1-3-9(12(15)16)7-14-19(17,18)11-6-10(13)5-4-8(11)2/h4-6,9,14H,3,7H2,1-2H3,(H,15,16). The van der Waals surface area contributed by atoms with Gasteiger partial charge >= 0.3 is 5.97 Å². The summed E-state index contributed by atoms with van der Waals surface area (Å²) in [5.74, 6) is -2.53. The molecule has 0 aliphatic heterocycles. The van der Waals surface area contributed by atoms with Crippen LogP contribution in [0.2, 0.25) is 0 Å². The van der Waals surface area contributed by atoms with Gasteiger partial charge in [-0.05, 0) is 31.0 Å². The van der Waals surface area contributed by atoms with Gasteiger partial charge in [-0.1, -0.05) is 13.0 Å². The second-order valence-corrected chi connectivity index (χ2v) is 5.94. The van der Waals surface area contributed by atoms with Crippen LogP contribution in [0, 0.1) is 18.7 Å². The van der Waals surface area contributed by atoms with Crippen molar-refractivity contribution >= 4 is 16.0 Å². The normalized spacial score (nSPS) is 13.2. The van der Waals surface area contributed by atoms with Gasteiger partial charge in [-0.25, -0.2) is 17.5 Å². The number of halogens is 1. The molecule has 0 saturated heterocycles. The number of hydrogen-bond acceptors (Lipinski definition) is 3. The van der Waals surface area contributed by atoms with E-state index in [2.05, 4.69) is 4.72 Å². The molecule has 106 valence electrons. The summed E-state index contributed by atoms with van der Waals surface area (Å²) in [6.45, 7) is 2.98. The molecule has 1 aromatic rings. The van der Waals surface area contributed by atoms with Crippen LogP contribution in [0.5, 0.6) is 0 Å². The number of nitrogens with one attached hydrogen (secondary N) is 1. The number of carboxylic acids is 1. The van der Waals surface area contributed by atoms with Gasteiger partial charge in [0.2, 0.25) is 10.0 Å². The van der Waals surface area contributed by atoms with Gasteiger partial charge in [0.15, 0.2) is 0 Å². The Bertz CT molecular complexity index is 571. The van der Waals surface area contributed by atoms with Crippen LogP contribution >= 0.6 is 0 Å². The number of hydrogen-bond donors (Lipinski definition) is 2. The number of rotatable bonds is 6. The highest BCUT2D eigenvalue weighted by molar-refractivity contribution is 7.89. The first kappa shape index (κ1) is 15.6. The van der Waals surface area contributed by atoms with Crippen LogP contribution in [-0.2, 0) is 14.8 Å². The maximum absolute atomic E-state index is 13.1. The smallest absolute Gasteiger partial charge is 0.307 e. The third kappa shape index (κ3) is 4.00. The van der Waals surface area contributed by atoms with Crippen molar-refractivity contribution in [1.82, 2.24) is 4.72 Å². The molecule has 0 heterocycles. The lowest BCUT2D eigenvalue weighted by Gasteiger charge is -2.13. The molecule has 0 amide bonds. The van der Waals surface area contributed by atoms with Crippen LogP contribution in [0.1, 0.15) is 18.9 Å². The van der Waals surface area contributed by atoms with E-state index in [9.17, 15) is 17.6 Å². The molecule has 0 aromatic heterocycles. The van der Waals surface area contributed by atoms with E-state index in [4.69, 9.17) is 5.11 Å². The fraction of sp³-hybridized carbons (Fsp3) is 0.417. The molecular formula is C12H16FNO4S. The average Bonchev–Trinajstić information content (AvgIpc) is 2.32. The molecule has 1 aromatic carbocycles. The molecule has 1 atom stereocenters. The molecule has 19 heavy (non-hydrogen) atoms. The fourth-order valence-corrected chi connectivity index (χ4v) is 2.89. The largest absolute Gasteiger partial charge is 0.481 e. The molecule has 0 aliphatic rings. The lowest BCUT2D eigenvalue weighted by atomic mass is 10.1. The van der Waals surface area contributed by atoms with Crippen LogP contribution in [0.25, 0.3) is 0 Å². The maximum Gasteiger partial charge on any atom is 0.307 e. The fourth-order valence-electron chi connectivity index (χ4n) is 1.56. The summed E-state index contributed by atoms with van der Waals surface area (Å²) < 4.78 is 39.2. The van der Waals surface area contributed by atoms with Crippen LogP contribution in [0.15, 0.2) is 23.1 Å². The van der Waals surface area contributed by atoms with E-state index in [0.29, 0.717) is 12.0 Å². The molecule has 0 saturated carbocycles. The number of aryl methyl sites for hydroxylation is 1. The van der Waals surface area contributed by atoms with Crippen LogP contribution in [-0.4, -0.2) is 26.0 Å². The topological polar surface area (TPSA) is 83.5 Å². The molecule has 0 aliphatic carbocycles. The number of aliphatic carboxylic acids is 1. The first-order chi connectivity index (χ1) is 8.77. The van der Waals surface area contributed by atoms with Gasteiger partial charge in [-0.2, -0.15) is 0 Å². The monoisotopic (exact) mass is 289 g/mol. The molecule has 0 bridgehead atoms. The van der Waals surface area contributed by atoms with Gasteiger partial charge in [-0.15, -0.1) is 0 Å². The summed E-state index contributed by atoms with van der Waals surface area (Å²) in [5.41, 5.74) is 0.400. The lowest BCUT2D eigenvalue weighted by Crippen LogP contribution is -2.33. The van der Waals surface area contributed by atoms with Crippen LogP contribution < -0.4 is 4.72 Å². The average molecular weight is 289 g/mol. The summed E-state index contributed by atoms with van der Waals surface area (Å²) >= 11 is 0. The SMILES string of the molecule is CCC(CNS(=O)(=O)c1cc(F)ccc1C)C(=O)O. The first-order valence-corrected chi connectivity index (χ1v) is 7.25. The third-order valence-electron chi connectivity index (χ3n) is 2.80. The molecule has 1 unspecified atom stereocenters. The molecule has 0 fully saturated rings. The Labute approximate surface area is 111 Å². The number of carbonyl (C=O) groups is 1. The lowest BCUT2D eigenvalue weighted by molar-refractivity contribution is -0.141. The number of carboxylic acid groups (broad SMARTS) is 1. The second-order valence-electron chi connectivity index (χ2n) is 4.21.